The van der Waals surface area contributed by atoms with Gasteiger partial charge in [-0.25, -0.2) is 0 Å². The predicted octanol–water partition coefficient (Wildman–Crippen LogP) is 2.37. The molecule has 1 aliphatic heterocycles. The highest BCUT2D eigenvalue weighted by atomic mass is 15.2. The lowest BCUT2D eigenvalue weighted by atomic mass is 9.72. The molecule has 1 saturated heterocycles. The van der Waals surface area contributed by atoms with Crippen LogP contribution in [0.25, 0.3) is 0 Å². The lowest BCUT2D eigenvalue weighted by Gasteiger charge is -2.46. The first-order valence-corrected chi connectivity index (χ1v) is 4.75. The van der Waals surface area contributed by atoms with Crippen LogP contribution >= 0.6 is 0 Å². The largest absolute Gasteiger partial charge is 0.306 e. The number of nitrogens with zero attached hydrogens (tertiary/aromatic N) is 1. The van der Waals surface area contributed by atoms with Gasteiger partial charge in [-0.05, 0) is 24.8 Å². The molecule has 1 rings (SSSR count). The number of rotatable bonds is 3. The Hall–Kier alpha value is -0.0400. The summed E-state index contributed by atoms with van der Waals surface area (Å²) >= 11 is 0. The third-order valence-corrected chi connectivity index (χ3v) is 3.06. The Morgan fingerprint density at radius 3 is 2.27 bits per heavy atom. The van der Waals surface area contributed by atoms with Crippen molar-refractivity contribution in [1.82, 2.24) is 4.90 Å². The topological polar surface area (TPSA) is 3.24 Å². The molecule has 0 atom stereocenters. The van der Waals surface area contributed by atoms with E-state index >= 15 is 0 Å². The second kappa shape index (κ2) is 3.14. The minimum atomic E-state index is 0.585. The summed E-state index contributed by atoms with van der Waals surface area (Å²) in [5, 5.41) is 0. The Morgan fingerprint density at radius 1 is 1.36 bits per heavy atom. The molecule has 0 N–H and O–H groups in total. The molecule has 66 valence electrons. The molecule has 0 spiro atoms. The van der Waals surface area contributed by atoms with E-state index in [0.717, 1.165) is 5.92 Å². The van der Waals surface area contributed by atoms with E-state index in [0.29, 0.717) is 5.41 Å². The van der Waals surface area contributed by atoms with Crippen molar-refractivity contribution in [2.75, 3.05) is 20.1 Å². The van der Waals surface area contributed by atoms with Crippen LogP contribution in [0.4, 0.5) is 0 Å². The summed E-state index contributed by atoms with van der Waals surface area (Å²) in [5.41, 5.74) is 0.585. The molecule has 0 saturated carbocycles. The molecule has 11 heavy (non-hydrogen) atoms. The molecular weight excluding hydrogens is 134 g/mol. The predicted molar refractivity (Wildman–Crippen MR) is 49.7 cm³/mol. The van der Waals surface area contributed by atoms with Gasteiger partial charge in [0.15, 0.2) is 0 Å². The van der Waals surface area contributed by atoms with E-state index in [-0.39, 0.29) is 0 Å². The first-order chi connectivity index (χ1) is 5.06. The van der Waals surface area contributed by atoms with Gasteiger partial charge in [-0.1, -0.05) is 27.2 Å². The zero-order valence-electron chi connectivity index (χ0n) is 8.35. The number of likely N-dealkylation sites (tertiary alicyclic amines) is 1. The molecule has 0 radical (unpaired) electrons. The van der Waals surface area contributed by atoms with Gasteiger partial charge in [-0.15, -0.1) is 0 Å². The third kappa shape index (κ3) is 1.96. The fraction of sp³-hybridized carbons (Fsp3) is 1.00. The number of hydrogen-bond acceptors (Lipinski definition) is 1. The monoisotopic (exact) mass is 155 g/mol. The van der Waals surface area contributed by atoms with Gasteiger partial charge in [-0.2, -0.15) is 0 Å². The average molecular weight is 155 g/mol. The summed E-state index contributed by atoms with van der Waals surface area (Å²) in [5.74, 6) is 0.951. The molecule has 0 unspecified atom stereocenters. The zero-order chi connectivity index (χ0) is 8.48. The molecule has 1 nitrogen and oxygen atoms in total. The maximum absolute atomic E-state index is 2.41. The van der Waals surface area contributed by atoms with Crippen LogP contribution in [-0.4, -0.2) is 25.0 Å². The molecule has 0 aliphatic carbocycles. The van der Waals surface area contributed by atoms with Crippen molar-refractivity contribution in [1.29, 1.82) is 0 Å². The lowest BCUT2D eigenvalue weighted by molar-refractivity contribution is 0.0292. The fourth-order valence-corrected chi connectivity index (χ4v) is 2.04. The summed E-state index contributed by atoms with van der Waals surface area (Å²) in [6.45, 7) is 9.73. The lowest BCUT2D eigenvalue weighted by Crippen LogP contribution is -2.50. The average Bonchev–Trinajstić information content (AvgIpc) is 1.81. The van der Waals surface area contributed by atoms with Gasteiger partial charge in [0.05, 0.1) is 0 Å². The molecule has 0 aromatic rings. The summed E-state index contributed by atoms with van der Waals surface area (Å²) in [6.07, 6.45) is 2.71. The second-order valence-corrected chi connectivity index (χ2v) is 4.66. The van der Waals surface area contributed by atoms with Crippen LogP contribution in [0.3, 0.4) is 0 Å². The molecular formula is C10H21N. The van der Waals surface area contributed by atoms with E-state index in [1.807, 2.05) is 0 Å². The van der Waals surface area contributed by atoms with Crippen molar-refractivity contribution in [3.8, 4) is 0 Å². The van der Waals surface area contributed by atoms with Crippen LogP contribution in [0.1, 0.15) is 33.6 Å². The van der Waals surface area contributed by atoms with Gasteiger partial charge in [0, 0.05) is 13.1 Å². The fourth-order valence-electron chi connectivity index (χ4n) is 2.04. The molecule has 0 aromatic carbocycles. The van der Waals surface area contributed by atoms with Crippen molar-refractivity contribution in [3.05, 3.63) is 0 Å². The molecule has 0 bridgehead atoms. The van der Waals surface area contributed by atoms with Crippen molar-refractivity contribution < 1.29 is 0 Å². The van der Waals surface area contributed by atoms with E-state index in [4.69, 9.17) is 0 Å². The maximum Gasteiger partial charge on any atom is 0.00241 e. The van der Waals surface area contributed by atoms with E-state index < -0.39 is 0 Å². The molecule has 1 heteroatoms. The maximum atomic E-state index is 2.41. The molecule has 1 fully saturated rings. The Morgan fingerprint density at radius 2 is 1.91 bits per heavy atom. The first kappa shape index (κ1) is 9.05. The Labute approximate surface area is 70.8 Å². The molecule has 1 heterocycles. The van der Waals surface area contributed by atoms with E-state index in [1.165, 1.54) is 25.9 Å². The van der Waals surface area contributed by atoms with Gasteiger partial charge < -0.3 is 4.90 Å². The van der Waals surface area contributed by atoms with Crippen LogP contribution in [0, 0.1) is 11.3 Å². The Balaban J connectivity index is 2.33. The summed E-state index contributed by atoms with van der Waals surface area (Å²) in [6, 6.07) is 0. The zero-order valence-corrected chi connectivity index (χ0v) is 8.35. The van der Waals surface area contributed by atoms with Gasteiger partial charge in [0.1, 0.15) is 0 Å². The Bertz CT molecular complexity index is 123. The summed E-state index contributed by atoms with van der Waals surface area (Å²) in [4.78, 5) is 2.40. The highest BCUT2D eigenvalue weighted by Gasteiger charge is 2.35. The second-order valence-electron chi connectivity index (χ2n) is 4.66. The van der Waals surface area contributed by atoms with Gasteiger partial charge in [-0.3, -0.25) is 0 Å². The van der Waals surface area contributed by atoms with Crippen molar-refractivity contribution >= 4 is 0 Å². The normalized spacial score (nSPS) is 21.8. The van der Waals surface area contributed by atoms with Crippen molar-refractivity contribution in [2.24, 2.45) is 11.3 Å². The van der Waals surface area contributed by atoms with Gasteiger partial charge >= 0.3 is 0 Å². The highest BCUT2D eigenvalue weighted by Crippen LogP contribution is 2.37. The van der Waals surface area contributed by atoms with Crippen molar-refractivity contribution in [2.45, 2.75) is 33.6 Å². The van der Waals surface area contributed by atoms with E-state index in [9.17, 15) is 0 Å². The molecule has 0 amide bonds. The number of hydrogen-bond donors (Lipinski definition) is 0. The standard InChI is InChI=1S/C10H21N/c1-5-6-10(2,3)9-7-11(4)8-9/h9H,5-8H2,1-4H3. The van der Waals surface area contributed by atoms with Gasteiger partial charge in [0.25, 0.3) is 0 Å². The van der Waals surface area contributed by atoms with Crippen LogP contribution < -0.4 is 0 Å². The van der Waals surface area contributed by atoms with Crippen LogP contribution in [0.5, 0.6) is 0 Å². The van der Waals surface area contributed by atoms with Gasteiger partial charge in [0.2, 0.25) is 0 Å². The molecule has 0 aromatic heterocycles. The summed E-state index contributed by atoms with van der Waals surface area (Å²) < 4.78 is 0. The van der Waals surface area contributed by atoms with E-state index in [2.05, 4.69) is 32.7 Å². The highest BCUT2D eigenvalue weighted by molar-refractivity contribution is 4.88. The molecule has 1 aliphatic rings. The van der Waals surface area contributed by atoms with Crippen molar-refractivity contribution in [3.63, 3.8) is 0 Å². The van der Waals surface area contributed by atoms with Crippen LogP contribution in [0.15, 0.2) is 0 Å². The Kier molecular flexibility index (Phi) is 2.58. The van der Waals surface area contributed by atoms with E-state index in [1.54, 1.807) is 0 Å². The van der Waals surface area contributed by atoms with Crippen LogP contribution in [-0.2, 0) is 0 Å². The first-order valence-electron chi connectivity index (χ1n) is 4.75. The smallest absolute Gasteiger partial charge is 0.00241 e. The quantitative estimate of drug-likeness (QED) is 0.605. The third-order valence-electron chi connectivity index (χ3n) is 3.06. The summed E-state index contributed by atoms with van der Waals surface area (Å²) in [7, 11) is 2.21. The van der Waals surface area contributed by atoms with Crippen LogP contribution in [0.2, 0.25) is 0 Å². The minimum Gasteiger partial charge on any atom is -0.306 e. The SMILES string of the molecule is CCCC(C)(C)C1CN(C)C1. The minimum absolute atomic E-state index is 0.585.